The first-order valence-electron chi connectivity index (χ1n) is 11.5. The van der Waals surface area contributed by atoms with E-state index < -0.39 is 27.0 Å². The Labute approximate surface area is 228 Å². The van der Waals surface area contributed by atoms with Gasteiger partial charge in [0.2, 0.25) is 0 Å². The Morgan fingerprint density at radius 2 is 1.15 bits per heavy atom. The molecule has 7 nitrogen and oxygen atoms in total. The van der Waals surface area contributed by atoms with Crippen LogP contribution in [-0.2, 0) is 19.6 Å². The van der Waals surface area contributed by atoms with Gasteiger partial charge in [0.25, 0.3) is 10.1 Å². The summed E-state index contributed by atoms with van der Waals surface area (Å²) in [6.45, 7) is 12.0. The number of hydrogen-bond donors (Lipinski definition) is 1. The van der Waals surface area contributed by atoms with Crippen LogP contribution in [0.25, 0.3) is 0 Å². The molecule has 33 heavy (non-hydrogen) atoms. The third-order valence-corrected chi connectivity index (χ3v) is 6.69. The van der Waals surface area contributed by atoms with Gasteiger partial charge < -0.3 is 9.47 Å². The minimum atomic E-state index is -4.64. The predicted molar refractivity (Wildman–Crippen MR) is 132 cm³/mol. The van der Waals surface area contributed by atoms with E-state index in [-0.39, 0.29) is 61.1 Å². The zero-order valence-electron chi connectivity index (χ0n) is 20.1. The number of carbonyl (C=O) groups is 2. The Kier molecular flexibility index (Phi) is 15.0. The van der Waals surface area contributed by atoms with Crippen molar-refractivity contribution in [2.75, 3.05) is 0 Å². The molecule has 1 rings (SSSR count). The molecular formula is C24H40CaO7S. The standard InChI is InChI=1S/C24H38O7S.Ca.2H/c1-7-16(5)11-20(9-3)30-23(25)18-13-19(15-22(14-18)32(27,28)29)24(26)31-21(10-4)12-17(6)8-2;;;/h13-17,20-21H,7-12H2,1-6H3,(H,27,28,29);;;. The van der Waals surface area contributed by atoms with Gasteiger partial charge in [0.05, 0.1) is 16.0 Å². The van der Waals surface area contributed by atoms with E-state index in [1.54, 1.807) is 0 Å². The molecule has 0 aromatic heterocycles. The van der Waals surface area contributed by atoms with Crippen molar-refractivity contribution < 1.29 is 32.0 Å². The zero-order chi connectivity index (χ0) is 24.5. The molecule has 0 aliphatic carbocycles. The minimum absolute atomic E-state index is 0. The van der Waals surface area contributed by atoms with Crippen LogP contribution in [0.2, 0.25) is 0 Å². The number of carbonyl (C=O) groups excluding carboxylic acids is 2. The maximum absolute atomic E-state index is 12.7. The molecule has 0 heterocycles. The van der Waals surface area contributed by atoms with Gasteiger partial charge >= 0.3 is 49.7 Å². The SMILES string of the molecule is CCC(C)CC(CC)OC(=O)c1cc(C(=O)OC(CC)CC(C)CC)cc(S(=O)(=O)O)c1.[CaH2]. The van der Waals surface area contributed by atoms with E-state index in [1.807, 2.05) is 13.8 Å². The molecule has 1 aromatic rings. The van der Waals surface area contributed by atoms with Gasteiger partial charge in [0, 0.05) is 0 Å². The van der Waals surface area contributed by atoms with Crippen molar-refractivity contribution in [2.24, 2.45) is 11.8 Å². The van der Waals surface area contributed by atoms with Crippen molar-refractivity contribution in [3.8, 4) is 0 Å². The predicted octanol–water partition coefficient (Wildman–Crippen LogP) is 4.76. The van der Waals surface area contributed by atoms with Crippen LogP contribution in [0.3, 0.4) is 0 Å². The van der Waals surface area contributed by atoms with Crippen LogP contribution in [0.15, 0.2) is 23.1 Å². The van der Waals surface area contributed by atoms with E-state index >= 15 is 0 Å². The van der Waals surface area contributed by atoms with E-state index in [0.29, 0.717) is 37.5 Å². The summed E-state index contributed by atoms with van der Waals surface area (Å²) in [6.07, 6.45) is 3.80. The van der Waals surface area contributed by atoms with Gasteiger partial charge in [-0.15, -0.1) is 0 Å². The Bertz CT molecular complexity index is 817. The van der Waals surface area contributed by atoms with Crippen molar-refractivity contribution in [1.29, 1.82) is 0 Å². The zero-order valence-corrected chi connectivity index (χ0v) is 20.9. The summed E-state index contributed by atoms with van der Waals surface area (Å²) in [6, 6.07) is 3.28. The summed E-state index contributed by atoms with van der Waals surface area (Å²) in [5.74, 6) is -0.768. The number of esters is 2. The number of rotatable bonds is 13. The number of hydrogen-bond acceptors (Lipinski definition) is 6. The molecule has 0 saturated carbocycles. The summed E-state index contributed by atoms with van der Waals surface area (Å²) < 4.78 is 44.2. The van der Waals surface area contributed by atoms with Gasteiger partial charge in [0.15, 0.2) is 0 Å². The summed E-state index contributed by atoms with van der Waals surface area (Å²) >= 11 is 0. The third-order valence-electron chi connectivity index (χ3n) is 5.86. The molecule has 4 atom stereocenters. The normalized spacial score (nSPS) is 15.0. The van der Waals surface area contributed by atoms with Crippen LogP contribution in [0.5, 0.6) is 0 Å². The van der Waals surface area contributed by atoms with Gasteiger partial charge in [0.1, 0.15) is 12.2 Å². The Morgan fingerprint density at radius 3 is 1.42 bits per heavy atom. The molecule has 0 aliphatic heterocycles. The Morgan fingerprint density at radius 1 is 0.788 bits per heavy atom. The van der Waals surface area contributed by atoms with Crippen molar-refractivity contribution in [2.45, 2.75) is 97.2 Å². The monoisotopic (exact) mass is 512 g/mol. The molecule has 0 saturated heterocycles. The first-order chi connectivity index (χ1) is 14.9. The molecule has 0 spiro atoms. The van der Waals surface area contributed by atoms with Gasteiger partial charge in [-0.05, 0) is 55.7 Å². The Hall–Kier alpha value is -0.670. The molecule has 1 aromatic carbocycles. The summed E-state index contributed by atoms with van der Waals surface area (Å²) in [7, 11) is -4.64. The second-order valence-electron chi connectivity index (χ2n) is 8.59. The fourth-order valence-corrected chi connectivity index (χ4v) is 3.80. The van der Waals surface area contributed by atoms with Crippen LogP contribution in [0, 0.1) is 11.8 Å². The van der Waals surface area contributed by atoms with E-state index in [4.69, 9.17) is 9.47 Å². The molecule has 0 amide bonds. The average Bonchev–Trinajstić information content (AvgIpc) is 2.76. The number of ether oxygens (including phenoxy) is 2. The van der Waals surface area contributed by atoms with Crippen LogP contribution in [0.4, 0.5) is 0 Å². The summed E-state index contributed by atoms with van der Waals surface area (Å²) in [5, 5.41) is 0. The third kappa shape index (κ3) is 11.1. The molecule has 0 fully saturated rings. The second kappa shape index (κ2) is 15.4. The van der Waals surface area contributed by atoms with Gasteiger partial charge in [-0.1, -0.05) is 54.4 Å². The average molecular weight is 513 g/mol. The summed E-state index contributed by atoms with van der Waals surface area (Å²) in [5.41, 5.74) is -0.241. The van der Waals surface area contributed by atoms with Crippen molar-refractivity contribution in [1.82, 2.24) is 0 Å². The quantitative estimate of drug-likeness (QED) is 0.231. The summed E-state index contributed by atoms with van der Waals surface area (Å²) in [4.78, 5) is 24.9. The van der Waals surface area contributed by atoms with Crippen molar-refractivity contribution >= 4 is 59.8 Å². The van der Waals surface area contributed by atoms with E-state index in [0.717, 1.165) is 25.0 Å². The molecule has 0 aliphatic rings. The van der Waals surface area contributed by atoms with E-state index in [2.05, 4.69) is 27.7 Å². The van der Waals surface area contributed by atoms with Crippen molar-refractivity contribution in [3.63, 3.8) is 0 Å². The topological polar surface area (TPSA) is 107 Å². The molecule has 1 N–H and O–H groups in total. The molecular weight excluding hydrogens is 472 g/mol. The van der Waals surface area contributed by atoms with Crippen molar-refractivity contribution in [3.05, 3.63) is 29.3 Å². The molecule has 186 valence electrons. The van der Waals surface area contributed by atoms with Gasteiger partial charge in [-0.2, -0.15) is 8.42 Å². The molecule has 4 unspecified atom stereocenters. The van der Waals surface area contributed by atoms with E-state index in [9.17, 15) is 22.6 Å². The fourth-order valence-electron chi connectivity index (χ4n) is 3.25. The first-order valence-corrected chi connectivity index (χ1v) is 12.9. The Balaban J connectivity index is 0.0000102. The van der Waals surface area contributed by atoms with Gasteiger partial charge in [-0.25, -0.2) is 9.59 Å². The van der Waals surface area contributed by atoms with Gasteiger partial charge in [-0.3, -0.25) is 4.55 Å². The second-order valence-corrected chi connectivity index (χ2v) is 10.0. The van der Waals surface area contributed by atoms with Crippen LogP contribution in [0.1, 0.15) is 101 Å². The fraction of sp³-hybridized carbons (Fsp3) is 0.667. The van der Waals surface area contributed by atoms with Crippen LogP contribution in [-0.4, -0.2) is 74.9 Å². The van der Waals surface area contributed by atoms with Crippen LogP contribution < -0.4 is 0 Å². The molecule has 0 radical (unpaired) electrons. The van der Waals surface area contributed by atoms with Crippen LogP contribution >= 0.6 is 0 Å². The maximum atomic E-state index is 12.7. The molecule has 0 bridgehead atoms. The van der Waals surface area contributed by atoms with E-state index in [1.165, 1.54) is 6.07 Å². The number of benzene rings is 1. The molecule has 9 heteroatoms. The first kappa shape index (κ1) is 32.3.